The van der Waals surface area contributed by atoms with E-state index in [9.17, 15) is 0 Å². The minimum atomic E-state index is 0.652. The minimum absolute atomic E-state index is 0.652. The van der Waals surface area contributed by atoms with E-state index in [0.717, 1.165) is 39.5 Å². The second-order valence-corrected chi connectivity index (χ2v) is 8.00. The smallest absolute Gasteiger partial charge is 0.227 e. The van der Waals surface area contributed by atoms with Gasteiger partial charge in [0.2, 0.25) is 16.8 Å². The van der Waals surface area contributed by atoms with E-state index in [-0.39, 0.29) is 0 Å². The number of rotatable bonds is 10. The highest BCUT2D eigenvalue weighted by Crippen LogP contribution is 2.26. The quantitative estimate of drug-likeness (QED) is 0.421. The number of thioether (sulfide) groups is 1. The lowest BCUT2D eigenvalue weighted by atomic mass is 10.3. The monoisotopic (exact) mass is 383 g/mol. The first kappa shape index (κ1) is 17.3. The number of hydrogen-bond acceptors (Lipinski definition) is 10. The van der Waals surface area contributed by atoms with E-state index in [1.165, 1.54) is 0 Å². The molecule has 0 radical (unpaired) electrons. The third-order valence-corrected chi connectivity index (χ3v) is 5.93. The largest absolute Gasteiger partial charge is 0.383 e. The lowest BCUT2D eigenvalue weighted by Gasteiger charge is -1.98. The zero-order valence-corrected chi connectivity index (χ0v) is 15.5. The Labute approximate surface area is 151 Å². The Morgan fingerprint density at radius 3 is 3.17 bits per heavy atom. The molecule has 0 spiro atoms. The third-order valence-electron chi connectivity index (χ3n) is 2.96. The van der Waals surface area contributed by atoms with Crippen LogP contribution in [0.25, 0.3) is 10.7 Å². The van der Waals surface area contributed by atoms with Crippen molar-refractivity contribution in [3.05, 3.63) is 23.4 Å². The Morgan fingerprint density at radius 1 is 1.38 bits per heavy atom. The van der Waals surface area contributed by atoms with Crippen LogP contribution < -0.4 is 5.32 Å². The first-order valence-electron chi connectivity index (χ1n) is 7.40. The fraction of sp³-hybridized carbons (Fsp3) is 0.429. The number of ether oxygens (including phenoxy) is 1. The Balaban J connectivity index is 1.38. The maximum Gasteiger partial charge on any atom is 0.227 e. The highest BCUT2D eigenvalue weighted by Gasteiger charge is 2.09. The van der Waals surface area contributed by atoms with Gasteiger partial charge in [-0.2, -0.15) is 4.98 Å². The first-order chi connectivity index (χ1) is 11.8. The van der Waals surface area contributed by atoms with Gasteiger partial charge < -0.3 is 14.6 Å². The van der Waals surface area contributed by atoms with Gasteiger partial charge in [-0.15, -0.1) is 21.5 Å². The van der Waals surface area contributed by atoms with Gasteiger partial charge in [0.05, 0.1) is 11.5 Å². The molecule has 24 heavy (non-hydrogen) atoms. The molecule has 128 valence electrons. The van der Waals surface area contributed by atoms with Crippen LogP contribution in [-0.4, -0.2) is 46.4 Å². The standard InChI is InChI=1S/C14H17N5O2S3/c1-20-7-6-15-13-17-18-14(24-13)23-9-3-5-11-16-12(19-21-11)10-4-2-8-22-10/h2,4,8H,3,5-7,9H2,1H3,(H,15,17). The predicted octanol–water partition coefficient (Wildman–Crippen LogP) is 3.43. The maximum absolute atomic E-state index is 5.29. The summed E-state index contributed by atoms with van der Waals surface area (Å²) in [5.41, 5.74) is 0. The predicted molar refractivity (Wildman–Crippen MR) is 96.9 cm³/mol. The van der Waals surface area contributed by atoms with Crippen LogP contribution in [0.4, 0.5) is 5.13 Å². The lowest BCUT2D eigenvalue weighted by Crippen LogP contribution is -2.06. The summed E-state index contributed by atoms with van der Waals surface area (Å²) in [6, 6.07) is 3.97. The van der Waals surface area contributed by atoms with E-state index < -0.39 is 0 Å². The van der Waals surface area contributed by atoms with Crippen LogP contribution in [-0.2, 0) is 11.2 Å². The van der Waals surface area contributed by atoms with Crippen LogP contribution in [0.15, 0.2) is 26.4 Å². The molecule has 0 saturated carbocycles. The third kappa shape index (κ3) is 5.00. The van der Waals surface area contributed by atoms with Gasteiger partial charge in [-0.05, 0) is 17.9 Å². The molecule has 1 N–H and O–H groups in total. The Hall–Kier alpha value is -1.49. The summed E-state index contributed by atoms with van der Waals surface area (Å²) in [5.74, 6) is 2.28. The molecule has 10 heteroatoms. The number of nitrogens with one attached hydrogen (secondary N) is 1. The number of methoxy groups -OCH3 is 1. The van der Waals surface area contributed by atoms with Crippen molar-refractivity contribution < 1.29 is 9.26 Å². The SMILES string of the molecule is COCCNc1nnc(SCCCc2nc(-c3cccs3)no2)s1. The fourth-order valence-corrected chi connectivity index (χ4v) is 4.28. The van der Waals surface area contributed by atoms with E-state index in [1.807, 2.05) is 17.5 Å². The van der Waals surface area contributed by atoms with Crippen LogP contribution in [0, 0.1) is 0 Å². The molecule has 0 fully saturated rings. The second kappa shape index (κ2) is 9.11. The molecule has 0 aromatic carbocycles. The number of thiophene rings is 1. The van der Waals surface area contributed by atoms with Crippen molar-refractivity contribution >= 4 is 39.6 Å². The summed E-state index contributed by atoms with van der Waals surface area (Å²) >= 11 is 4.85. The molecule has 0 aliphatic heterocycles. The van der Waals surface area contributed by atoms with Gasteiger partial charge in [0.25, 0.3) is 0 Å². The van der Waals surface area contributed by atoms with Gasteiger partial charge in [-0.3, -0.25) is 0 Å². The first-order valence-corrected chi connectivity index (χ1v) is 10.1. The lowest BCUT2D eigenvalue weighted by molar-refractivity contribution is 0.211. The molecular weight excluding hydrogens is 366 g/mol. The van der Waals surface area contributed by atoms with Crippen molar-refractivity contribution in [2.75, 3.05) is 31.3 Å². The molecule has 0 atom stereocenters. The van der Waals surface area contributed by atoms with Crippen molar-refractivity contribution in [3.63, 3.8) is 0 Å². The zero-order chi connectivity index (χ0) is 16.6. The molecule has 3 heterocycles. The van der Waals surface area contributed by atoms with Crippen molar-refractivity contribution in [2.24, 2.45) is 0 Å². The summed E-state index contributed by atoms with van der Waals surface area (Å²) < 4.78 is 11.2. The van der Waals surface area contributed by atoms with Gasteiger partial charge in [-0.1, -0.05) is 34.3 Å². The molecule has 0 aliphatic carbocycles. The van der Waals surface area contributed by atoms with E-state index in [1.54, 1.807) is 41.5 Å². The second-order valence-electron chi connectivity index (χ2n) is 4.73. The molecule has 3 aromatic rings. The van der Waals surface area contributed by atoms with E-state index in [4.69, 9.17) is 9.26 Å². The number of anilines is 1. The molecule has 0 saturated heterocycles. The summed E-state index contributed by atoms with van der Waals surface area (Å²) in [6.07, 6.45) is 1.71. The maximum atomic E-state index is 5.29. The average Bonchev–Trinajstić information content (AvgIpc) is 3.33. The fourth-order valence-electron chi connectivity index (χ4n) is 1.84. The molecule has 0 aliphatic rings. The highest BCUT2D eigenvalue weighted by molar-refractivity contribution is 8.01. The van der Waals surface area contributed by atoms with Gasteiger partial charge in [0.15, 0.2) is 4.34 Å². The minimum Gasteiger partial charge on any atom is -0.383 e. The average molecular weight is 384 g/mol. The molecule has 0 amide bonds. The molecule has 3 rings (SSSR count). The number of aromatic nitrogens is 4. The molecule has 0 bridgehead atoms. The summed E-state index contributed by atoms with van der Waals surface area (Å²) in [6.45, 7) is 1.39. The van der Waals surface area contributed by atoms with E-state index in [2.05, 4.69) is 25.7 Å². The number of aryl methyl sites for hydroxylation is 1. The topological polar surface area (TPSA) is 86.0 Å². The Kier molecular flexibility index (Phi) is 6.58. The molecule has 3 aromatic heterocycles. The highest BCUT2D eigenvalue weighted by atomic mass is 32.2. The molecule has 0 unspecified atom stereocenters. The van der Waals surface area contributed by atoms with Gasteiger partial charge >= 0.3 is 0 Å². The Bertz CT molecular complexity index is 728. The van der Waals surface area contributed by atoms with Crippen molar-refractivity contribution in [2.45, 2.75) is 17.2 Å². The molecular formula is C14H17N5O2S3. The molecule has 7 nitrogen and oxygen atoms in total. The Morgan fingerprint density at radius 2 is 2.33 bits per heavy atom. The van der Waals surface area contributed by atoms with Gasteiger partial charge in [-0.25, -0.2) is 0 Å². The van der Waals surface area contributed by atoms with Crippen molar-refractivity contribution in [1.29, 1.82) is 0 Å². The van der Waals surface area contributed by atoms with Crippen LogP contribution in [0.5, 0.6) is 0 Å². The van der Waals surface area contributed by atoms with E-state index >= 15 is 0 Å². The van der Waals surface area contributed by atoms with Gasteiger partial charge in [0, 0.05) is 25.8 Å². The van der Waals surface area contributed by atoms with Crippen LogP contribution in [0.3, 0.4) is 0 Å². The summed E-state index contributed by atoms with van der Waals surface area (Å²) in [7, 11) is 1.68. The van der Waals surface area contributed by atoms with Crippen LogP contribution in [0.2, 0.25) is 0 Å². The van der Waals surface area contributed by atoms with E-state index in [0.29, 0.717) is 18.3 Å². The zero-order valence-electron chi connectivity index (χ0n) is 13.1. The summed E-state index contributed by atoms with van der Waals surface area (Å²) in [4.78, 5) is 5.45. The van der Waals surface area contributed by atoms with Crippen molar-refractivity contribution in [1.82, 2.24) is 20.3 Å². The summed E-state index contributed by atoms with van der Waals surface area (Å²) in [5, 5.41) is 18.3. The normalized spacial score (nSPS) is 11.0. The van der Waals surface area contributed by atoms with Gasteiger partial charge in [0.1, 0.15) is 0 Å². The van der Waals surface area contributed by atoms with Crippen LogP contribution in [0.1, 0.15) is 12.3 Å². The number of hydrogen-bond donors (Lipinski definition) is 1. The van der Waals surface area contributed by atoms with Crippen LogP contribution >= 0.6 is 34.4 Å². The number of nitrogens with zero attached hydrogens (tertiary/aromatic N) is 4. The van der Waals surface area contributed by atoms with Crippen molar-refractivity contribution in [3.8, 4) is 10.7 Å².